The van der Waals surface area contributed by atoms with E-state index in [2.05, 4.69) is 15.9 Å². The zero-order valence-corrected chi connectivity index (χ0v) is 14.3. The van der Waals surface area contributed by atoms with Gasteiger partial charge in [0.05, 0.1) is 24.1 Å². The van der Waals surface area contributed by atoms with Crippen molar-refractivity contribution in [3.63, 3.8) is 0 Å². The highest BCUT2D eigenvalue weighted by molar-refractivity contribution is 9.10. The van der Waals surface area contributed by atoms with Gasteiger partial charge in [-0.3, -0.25) is 0 Å². The fraction of sp³-hybridized carbons (Fsp3) is 0.250. The van der Waals surface area contributed by atoms with Crippen molar-refractivity contribution in [2.24, 2.45) is 0 Å². The predicted molar refractivity (Wildman–Crippen MR) is 86.1 cm³/mol. The summed E-state index contributed by atoms with van der Waals surface area (Å²) < 4.78 is 25.6. The minimum Gasteiger partial charge on any atom is -0.496 e. The fourth-order valence-electron chi connectivity index (χ4n) is 2.12. The number of methoxy groups -OCH3 is 2. The Bertz CT molecular complexity index is 661. The molecule has 0 saturated heterocycles. The molecule has 2 aromatic rings. The molecule has 0 spiro atoms. The predicted octanol–water partition coefficient (Wildman–Crippen LogP) is 5.24. The zero-order chi connectivity index (χ0) is 15.6. The lowest BCUT2D eigenvalue weighted by Crippen LogP contribution is -2.02. The van der Waals surface area contributed by atoms with Gasteiger partial charge in [0.15, 0.2) is 0 Å². The number of alkyl halides is 1. The first-order chi connectivity index (χ1) is 9.99. The molecule has 0 N–H and O–H groups in total. The van der Waals surface area contributed by atoms with Crippen LogP contribution >= 0.6 is 27.5 Å². The smallest absolute Gasteiger partial charge is 0.133 e. The maximum Gasteiger partial charge on any atom is 0.133 e. The molecule has 112 valence electrons. The normalized spacial score (nSPS) is 12.1. The summed E-state index contributed by atoms with van der Waals surface area (Å²) in [5.74, 6) is 0.884. The molecule has 0 aliphatic heterocycles. The second kappa shape index (κ2) is 6.67. The lowest BCUT2D eigenvalue weighted by atomic mass is 10.0. The highest BCUT2D eigenvalue weighted by atomic mass is 79.9. The monoisotopic (exact) mass is 372 g/mol. The van der Waals surface area contributed by atoms with Gasteiger partial charge in [-0.2, -0.15) is 0 Å². The Balaban J connectivity index is 2.56. The van der Waals surface area contributed by atoms with Crippen LogP contribution in [0.5, 0.6) is 11.5 Å². The van der Waals surface area contributed by atoms with Gasteiger partial charge in [0.25, 0.3) is 0 Å². The maximum absolute atomic E-state index is 14.3. The van der Waals surface area contributed by atoms with Crippen molar-refractivity contribution in [3.05, 3.63) is 57.3 Å². The van der Waals surface area contributed by atoms with Gasteiger partial charge >= 0.3 is 0 Å². The first-order valence-electron chi connectivity index (χ1n) is 6.30. The maximum atomic E-state index is 14.3. The summed E-state index contributed by atoms with van der Waals surface area (Å²) in [6, 6.07) is 8.68. The minimum atomic E-state index is -0.665. The van der Waals surface area contributed by atoms with Crippen LogP contribution in [0.4, 0.5) is 4.39 Å². The van der Waals surface area contributed by atoms with E-state index in [0.29, 0.717) is 28.2 Å². The van der Waals surface area contributed by atoms with Gasteiger partial charge in [-0.05, 0) is 40.5 Å². The van der Waals surface area contributed by atoms with Crippen LogP contribution in [0, 0.1) is 12.7 Å². The Morgan fingerprint density at radius 3 is 2.38 bits per heavy atom. The van der Waals surface area contributed by atoms with E-state index in [1.165, 1.54) is 0 Å². The Morgan fingerprint density at radius 2 is 1.76 bits per heavy atom. The third kappa shape index (κ3) is 3.16. The summed E-state index contributed by atoms with van der Waals surface area (Å²) in [6.45, 7) is 1.71. The van der Waals surface area contributed by atoms with Crippen molar-refractivity contribution in [1.82, 2.24) is 0 Å². The fourth-order valence-corrected chi connectivity index (χ4v) is 2.94. The van der Waals surface area contributed by atoms with Crippen LogP contribution < -0.4 is 9.47 Å². The van der Waals surface area contributed by atoms with E-state index in [0.717, 1.165) is 4.47 Å². The molecule has 0 saturated carbocycles. The lowest BCUT2D eigenvalue weighted by molar-refractivity contribution is 0.397. The van der Waals surface area contributed by atoms with Crippen molar-refractivity contribution in [2.45, 2.75) is 12.3 Å². The van der Waals surface area contributed by atoms with Crippen LogP contribution in [0.25, 0.3) is 0 Å². The molecule has 2 nitrogen and oxygen atoms in total. The van der Waals surface area contributed by atoms with Crippen molar-refractivity contribution in [1.29, 1.82) is 0 Å². The van der Waals surface area contributed by atoms with Crippen molar-refractivity contribution in [3.8, 4) is 11.5 Å². The van der Waals surface area contributed by atoms with Crippen LogP contribution in [-0.4, -0.2) is 14.2 Å². The lowest BCUT2D eigenvalue weighted by Gasteiger charge is -2.17. The highest BCUT2D eigenvalue weighted by Gasteiger charge is 2.22. The largest absolute Gasteiger partial charge is 0.496 e. The molecule has 0 amide bonds. The molecule has 0 aliphatic carbocycles. The number of aryl methyl sites for hydroxylation is 1. The molecule has 0 aliphatic rings. The van der Waals surface area contributed by atoms with Crippen LogP contribution in [0.1, 0.15) is 22.1 Å². The molecule has 1 unspecified atom stereocenters. The van der Waals surface area contributed by atoms with Gasteiger partial charge in [-0.1, -0.05) is 18.2 Å². The van der Waals surface area contributed by atoms with Crippen LogP contribution in [-0.2, 0) is 0 Å². The van der Waals surface area contributed by atoms with Gasteiger partial charge in [0.2, 0.25) is 0 Å². The van der Waals surface area contributed by atoms with Crippen molar-refractivity contribution >= 4 is 27.5 Å². The zero-order valence-electron chi connectivity index (χ0n) is 11.9. The van der Waals surface area contributed by atoms with E-state index in [-0.39, 0.29) is 5.82 Å². The van der Waals surface area contributed by atoms with Crippen LogP contribution in [0.3, 0.4) is 0 Å². The molecule has 0 bridgehead atoms. The van der Waals surface area contributed by atoms with E-state index in [9.17, 15) is 4.39 Å². The molecule has 1 atom stereocenters. The number of hydrogen-bond acceptors (Lipinski definition) is 2. The Labute approximate surface area is 137 Å². The van der Waals surface area contributed by atoms with Crippen molar-refractivity contribution in [2.75, 3.05) is 14.2 Å². The summed E-state index contributed by atoms with van der Waals surface area (Å²) in [5.41, 5.74) is 1.63. The Kier molecular flexibility index (Phi) is 5.12. The number of halogens is 3. The Morgan fingerprint density at radius 1 is 1.10 bits per heavy atom. The molecule has 5 heteroatoms. The second-order valence-corrected chi connectivity index (χ2v) is 5.86. The van der Waals surface area contributed by atoms with E-state index in [1.54, 1.807) is 51.5 Å². The van der Waals surface area contributed by atoms with E-state index < -0.39 is 5.38 Å². The first-order valence-corrected chi connectivity index (χ1v) is 7.53. The topological polar surface area (TPSA) is 18.5 Å². The average molecular weight is 374 g/mol. The number of benzene rings is 2. The summed E-state index contributed by atoms with van der Waals surface area (Å²) >= 11 is 9.87. The standard InChI is InChI=1S/C16H15BrClFO2/c1-9-5-4-6-10(16(9)19)15(18)11-7-14(21-3)12(17)8-13(11)20-2/h4-8,15H,1-3H3. The molecule has 0 radical (unpaired) electrons. The summed E-state index contributed by atoms with van der Waals surface area (Å²) in [7, 11) is 3.11. The van der Waals surface area contributed by atoms with Crippen LogP contribution in [0.15, 0.2) is 34.8 Å². The third-order valence-electron chi connectivity index (χ3n) is 3.27. The van der Waals surface area contributed by atoms with Gasteiger partial charge in [-0.15, -0.1) is 11.6 Å². The molecular weight excluding hydrogens is 359 g/mol. The van der Waals surface area contributed by atoms with Crippen LogP contribution in [0.2, 0.25) is 0 Å². The quantitative estimate of drug-likeness (QED) is 0.682. The summed E-state index contributed by atoms with van der Waals surface area (Å²) in [5, 5.41) is -0.665. The van der Waals surface area contributed by atoms with Gasteiger partial charge in [0, 0.05) is 11.1 Å². The minimum absolute atomic E-state index is 0.304. The number of hydrogen-bond donors (Lipinski definition) is 0. The van der Waals surface area contributed by atoms with Gasteiger partial charge in [-0.25, -0.2) is 4.39 Å². The van der Waals surface area contributed by atoms with Gasteiger partial charge < -0.3 is 9.47 Å². The number of rotatable bonds is 4. The molecular formula is C16H15BrClFO2. The summed E-state index contributed by atoms with van der Waals surface area (Å²) in [6.07, 6.45) is 0. The SMILES string of the molecule is COc1cc(C(Cl)c2cccc(C)c2F)c(OC)cc1Br. The molecule has 2 aromatic carbocycles. The molecule has 21 heavy (non-hydrogen) atoms. The second-order valence-electron chi connectivity index (χ2n) is 4.57. The van der Waals surface area contributed by atoms with Crippen molar-refractivity contribution < 1.29 is 13.9 Å². The molecule has 0 aromatic heterocycles. The van der Waals surface area contributed by atoms with E-state index in [1.807, 2.05) is 0 Å². The highest BCUT2D eigenvalue weighted by Crippen LogP contribution is 2.41. The molecule has 0 fully saturated rings. The van der Waals surface area contributed by atoms with E-state index >= 15 is 0 Å². The third-order valence-corrected chi connectivity index (χ3v) is 4.36. The number of ether oxygens (including phenoxy) is 2. The van der Waals surface area contributed by atoms with Gasteiger partial charge in [0.1, 0.15) is 17.3 Å². The van der Waals surface area contributed by atoms with E-state index in [4.69, 9.17) is 21.1 Å². The summed E-state index contributed by atoms with van der Waals surface area (Å²) in [4.78, 5) is 0. The first kappa shape index (κ1) is 16.1. The molecule has 2 rings (SSSR count). The Hall–Kier alpha value is -1.26. The average Bonchev–Trinajstić information content (AvgIpc) is 2.49. The molecule has 0 heterocycles.